The molecule has 0 saturated carbocycles. The summed E-state index contributed by atoms with van der Waals surface area (Å²) in [6.45, 7) is 0. The zero-order valence-corrected chi connectivity index (χ0v) is 11.2. The van der Waals surface area contributed by atoms with Gasteiger partial charge in [-0.3, -0.25) is 0 Å². The van der Waals surface area contributed by atoms with Crippen molar-refractivity contribution in [2.75, 3.05) is 11.1 Å². The van der Waals surface area contributed by atoms with E-state index in [0.717, 1.165) is 0 Å². The van der Waals surface area contributed by atoms with Crippen LogP contribution in [-0.2, 0) is 0 Å². The van der Waals surface area contributed by atoms with Crippen molar-refractivity contribution in [3.63, 3.8) is 0 Å². The van der Waals surface area contributed by atoms with Crippen molar-refractivity contribution in [2.45, 2.75) is 0 Å². The van der Waals surface area contributed by atoms with Gasteiger partial charge in [0.2, 0.25) is 17.8 Å². The Morgan fingerprint density at radius 2 is 1.77 bits per heavy atom. The third kappa shape index (κ3) is 2.95. The minimum Gasteiger partial charge on any atom is -0.368 e. The van der Waals surface area contributed by atoms with E-state index < -0.39 is 11.8 Å². The van der Waals surface area contributed by atoms with Crippen molar-refractivity contribution in [3.05, 3.63) is 54.4 Å². The van der Waals surface area contributed by atoms with Crippen molar-refractivity contribution >= 4 is 17.6 Å². The molecular formula is C14H10F2N6. The second kappa shape index (κ2) is 5.68. The molecule has 2 aromatic heterocycles. The Morgan fingerprint density at radius 3 is 2.50 bits per heavy atom. The molecule has 22 heavy (non-hydrogen) atoms. The number of nitrogen functional groups attached to an aromatic ring is 1. The summed E-state index contributed by atoms with van der Waals surface area (Å²) in [5.74, 6) is -0.927. The summed E-state index contributed by atoms with van der Waals surface area (Å²) < 4.78 is 26.6. The van der Waals surface area contributed by atoms with Gasteiger partial charge < -0.3 is 11.1 Å². The Labute approximate surface area is 124 Å². The number of anilines is 3. The Morgan fingerprint density at radius 1 is 0.955 bits per heavy atom. The molecule has 0 aliphatic heterocycles. The van der Waals surface area contributed by atoms with Gasteiger partial charge >= 0.3 is 0 Å². The van der Waals surface area contributed by atoms with E-state index in [4.69, 9.17) is 5.73 Å². The fraction of sp³-hybridized carbons (Fsp3) is 0. The molecule has 0 radical (unpaired) electrons. The zero-order chi connectivity index (χ0) is 15.5. The van der Waals surface area contributed by atoms with E-state index in [-0.39, 0.29) is 23.3 Å². The van der Waals surface area contributed by atoms with Crippen LogP contribution in [0.4, 0.5) is 26.4 Å². The molecule has 110 valence electrons. The minimum absolute atomic E-state index is 0.0641. The third-order valence-corrected chi connectivity index (χ3v) is 2.75. The standard InChI is InChI=1S/C14H10F2N6/c15-10-4-2-1-3-9(10)12-20-13(17)22-14(21-12)19-8-5-6-11(16)18-7-8/h1-7H,(H3,17,19,20,21,22). The SMILES string of the molecule is Nc1nc(Nc2ccc(F)nc2)nc(-c2ccccc2F)n1. The number of aromatic nitrogens is 4. The summed E-state index contributed by atoms with van der Waals surface area (Å²) in [7, 11) is 0. The summed E-state index contributed by atoms with van der Waals surface area (Å²) in [4.78, 5) is 15.4. The van der Waals surface area contributed by atoms with Gasteiger partial charge in [-0.1, -0.05) is 12.1 Å². The second-order valence-electron chi connectivity index (χ2n) is 4.32. The average Bonchev–Trinajstić information content (AvgIpc) is 2.49. The highest BCUT2D eigenvalue weighted by molar-refractivity contribution is 5.60. The molecule has 0 aliphatic rings. The maximum absolute atomic E-state index is 13.8. The minimum atomic E-state index is -0.604. The topological polar surface area (TPSA) is 89.6 Å². The Kier molecular flexibility index (Phi) is 3.57. The van der Waals surface area contributed by atoms with E-state index in [1.165, 1.54) is 30.5 Å². The largest absolute Gasteiger partial charge is 0.368 e. The van der Waals surface area contributed by atoms with E-state index in [0.29, 0.717) is 5.69 Å². The van der Waals surface area contributed by atoms with Crippen molar-refractivity contribution in [2.24, 2.45) is 0 Å². The van der Waals surface area contributed by atoms with Gasteiger partial charge in [-0.15, -0.1) is 0 Å². The number of rotatable bonds is 3. The van der Waals surface area contributed by atoms with E-state index in [1.54, 1.807) is 12.1 Å². The molecule has 3 N–H and O–H groups in total. The van der Waals surface area contributed by atoms with Crippen LogP contribution in [0.15, 0.2) is 42.6 Å². The molecule has 0 spiro atoms. The van der Waals surface area contributed by atoms with Crippen LogP contribution in [0.3, 0.4) is 0 Å². The lowest BCUT2D eigenvalue weighted by Crippen LogP contribution is -2.05. The van der Waals surface area contributed by atoms with Crippen molar-refractivity contribution in [1.82, 2.24) is 19.9 Å². The predicted octanol–water partition coefficient (Wildman–Crippen LogP) is 2.54. The number of hydrogen-bond acceptors (Lipinski definition) is 6. The van der Waals surface area contributed by atoms with Crippen LogP contribution >= 0.6 is 0 Å². The average molecular weight is 300 g/mol. The number of nitrogens with one attached hydrogen (secondary N) is 1. The number of hydrogen-bond donors (Lipinski definition) is 2. The Hall–Kier alpha value is -3.16. The normalized spacial score (nSPS) is 10.5. The molecule has 6 nitrogen and oxygen atoms in total. The molecule has 2 heterocycles. The molecule has 8 heteroatoms. The van der Waals surface area contributed by atoms with E-state index >= 15 is 0 Å². The van der Waals surface area contributed by atoms with Crippen LogP contribution in [0.25, 0.3) is 11.4 Å². The van der Waals surface area contributed by atoms with E-state index in [1.807, 2.05) is 0 Å². The lowest BCUT2D eigenvalue weighted by molar-refractivity contribution is 0.584. The highest BCUT2D eigenvalue weighted by Gasteiger charge is 2.11. The van der Waals surface area contributed by atoms with Gasteiger partial charge in [0.15, 0.2) is 5.82 Å². The second-order valence-corrected chi connectivity index (χ2v) is 4.32. The highest BCUT2D eigenvalue weighted by Crippen LogP contribution is 2.21. The maximum Gasteiger partial charge on any atom is 0.232 e. The summed E-state index contributed by atoms with van der Waals surface area (Å²) in [5, 5.41) is 2.81. The fourth-order valence-corrected chi connectivity index (χ4v) is 1.79. The molecule has 1 aromatic carbocycles. The van der Waals surface area contributed by atoms with Crippen LogP contribution in [0.1, 0.15) is 0 Å². The smallest absolute Gasteiger partial charge is 0.232 e. The molecule has 0 atom stereocenters. The molecule has 0 amide bonds. The highest BCUT2D eigenvalue weighted by atomic mass is 19.1. The van der Waals surface area contributed by atoms with Gasteiger partial charge in [-0.2, -0.15) is 19.3 Å². The summed E-state index contributed by atoms with van der Waals surface area (Å²) in [6.07, 6.45) is 1.28. The van der Waals surface area contributed by atoms with Crippen LogP contribution in [0.2, 0.25) is 0 Å². The lowest BCUT2D eigenvalue weighted by Gasteiger charge is -2.07. The van der Waals surface area contributed by atoms with Gasteiger partial charge in [-0.25, -0.2) is 9.37 Å². The van der Waals surface area contributed by atoms with E-state index in [9.17, 15) is 8.78 Å². The van der Waals surface area contributed by atoms with Gasteiger partial charge in [0, 0.05) is 0 Å². The third-order valence-electron chi connectivity index (χ3n) is 2.75. The first-order valence-electron chi connectivity index (χ1n) is 6.27. The van der Waals surface area contributed by atoms with Crippen molar-refractivity contribution in [1.29, 1.82) is 0 Å². The molecule has 0 bridgehead atoms. The van der Waals surface area contributed by atoms with Crippen LogP contribution in [-0.4, -0.2) is 19.9 Å². The van der Waals surface area contributed by atoms with Crippen LogP contribution < -0.4 is 11.1 Å². The first kappa shape index (κ1) is 13.8. The molecule has 0 unspecified atom stereocenters. The summed E-state index contributed by atoms with van der Waals surface area (Å²) >= 11 is 0. The summed E-state index contributed by atoms with van der Waals surface area (Å²) in [6, 6.07) is 8.71. The first-order chi connectivity index (χ1) is 10.6. The van der Waals surface area contributed by atoms with Gasteiger partial charge in [0.05, 0.1) is 17.4 Å². The monoisotopic (exact) mass is 300 g/mol. The number of benzene rings is 1. The van der Waals surface area contributed by atoms with Gasteiger partial charge in [0.25, 0.3) is 0 Å². The molecule has 0 saturated heterocycles. The zero-order valence-electron chi connectivity index (χ0n) is 11.2. The molecule has 0 aliphatic carbocycles. The lowest BCUT2D eigenvalue weighted by atomic mass is 10.2. The summed E-state index contributed by atoms with van der Waals surface area (Å²) in [5.41, 5.74) is 6.29. The Balaban J connectivity index is 1.96. The van der Waals surface area contributed by atoms with E-state index in [2.05, 4.69) is 25.3 Å². The molecular weight excluding hydrogens is 290 g/mol. The first-order valence-corrected chi connectivity index (χ1v) is 6.27. The number of nitrogens with two attached hydrogens (primary N) is 1. The quantitative estimate of drug-likeness (QED) is 0.722. The van der Waals surface area contributed by atoms with Crippen LogP contribution in [0.5, 0.6) is 0 Å². The number of halogens is 2. The molecule has 3 aromatic rings. The molecule has 0 fully saturated rings. The number of pyridine rings is 1. The Bertz CT molecular complexity index is 807. The molecule has 3 rings (SSSR count). The van der Waals surface area contributed by atoms with Crippen molar-refractivity contribution in [3.8, 4) is 11.4 Å². The van der Waals surface area contributed by atoms with Crippen molar-refractivity contribution < 1.29 is 8.78 Å². The predicted molar refractivity (Wildman–Crippen MR) is 77.1 cm³/mol. The van der Waals surface area contributed by atoms with Gasteiger partial charge in [0.1, 0.15) is 5.82 Å². The number of nitrogens with zero attached hydrogens (tertiary/aromatic N) is 4. The fourth-order valence-electron chi connectivity index (χ4n) is 1.79. The maximum atomic E-state index is 13.8. The van der Waals surface area contributed by atoms with Gasteiger partial charge in [-0.05, 0) is 24.3 Å². The van der Waals surface area contributed by atoms with Crippen LogP contribution in [0, 0.1) is 11.8 Å².